The number of likely N-dealkylation sites (N-methyl/N-ethyl adjacent to an activating group) is 1. The number of nitrogens with two attached hydrogens (primary N) is 1. The molecule has 0 spiro atoms. The Morgan fingerprint density at radius 2 is 2.10 bits per heavy atom. The Labute approximate surface area is 125 Å². The monoisotopic (exact) mass is 289 g/mol. The van der Waals surface area contributed by atoms with Gasteiger partial charge in [0, 0.05) is 20.1 Å². The fraction of sp³-hybridized carbons (Fsp3) is 0.500. The van der Waals surface area contributed by atoms with Crippen molar-refractivity contribution >= 4 is 11.8 Å². The molecule has 114 valence electrons. The van der Waals surface area contributed by atoms with Gasteiger partial charge in [-0.1, -0.05) is 30.3 Å². The van der Waals surface area contributed by atoms with Crippen molar-refractivity contribution in [3.8, 4) is 0 Å². The summed E-state index contributed by atoms with van der Waals surface area (Å²) in [5.74, 6) is -0.360. The molecule has 0 saturated carbocycles. The summed E-state index contributed by atoms with van der Waals surface area (Å²) >= 11 is 0. The van der Waals surface area contributed by atoms with Crippen molar-refractivity contribution in [1.29, 1.82) is 0 Å². The number of amides is 2. The van der Waals surface area contributed by atoms with E-state index in [1.54, 1.807) is 11.9 Å². The Balaban J connectivity index is 2.07. The predicted octanol–water partition coefficient (Wildman–Crippen LogP) is 0.541. The minimum atomic E-state index is -0.340. The molecule has 1 aromatic carbocycles. The van der Waals surface area contributed by atoms with Crippen molar-refractivity contribution < 1.29 is 9.59 Å². The van der Waals surface area contributed by atoms with Crippen molar-refractivity contribution in [3.63, 3.8) is 0 Å². The lowest BCUT2D eigenvalue weighted by Gasteiger charge is -2.27. The minimum Gasteiger partial charge on any atom is -0.357 e. The number of benzene rings is 1. The van der Waals surface area contributed by atoms with E-state index in [9.17, 15) is 9.59 Å². The molecule has 5 nitrogen and oxygen atoms in total. The van der Waals surface area contributed by atoms with Gasteiger partial charge >= 0.3 is 0 Å². The number of hydrogen-bond donors (Lipinski definition) is 2. The van der Waals surface area contributed by atoms with Crippen molar-refractivity contribution in [2.75, 3.05) is 20.1 Å². The van der Waals surface area contributed by atoms with E-state index in [4.69, 9.17) is 5.73 Å². The summed E-state index contributed by atoms with van der Waals surface area (Å²) in [5, 5.41) is 2.63. The summed E-state index contributed by atoms with van der Waals surface area (Å²) in [7, 11) is 1.60. The van der Waals surface area contributed by atoms with Crippen LogP contribution in [0.15, 0.2) is 30.3 Å². The van der Waals surface area contributed by atoms with Crippen molar-refractivity contribution in [1.82, 2.24) is 10.2 Å². The lowest BCUT2D eigenvalue weighted by molar-refractivity contribution is -0.141. The Hall–Kier alpha value is -1.88. The van der Waals surface area contributed by atoms with Crippen LogP contribution in [0.1, 0.15) is 18.4 Å². The average Bonchev–Trinajstić information content (AvgIpc) is 3.01. The highest BCUT2D eigenvalue weighted by Crippen LogP contribution is 2.21. The fourth-order valence-electron chi connectivity index (χ4n) is 2.87. The van der Waals surface area contributed by atoms with Crippen molar-refractivity contribution in [2.24, 2.45) is 11.7 Å². The molecular formula is C16H23N3O2. The normalized spacial score (nSPS) is 19.3. The second-order valence-electron chi connectivity index (χ2n) is 5.43. The molecular weight excluding hydrogens is 266 g/mol. The van der Waals surface area contributed by atoms with Crippen LogP contribution in [0.4, 0.5) is 0 Å². The van der Waals surface area contributed by atoms with E-state index in [1.807, 2.05) is 30.3 Å². The first-order chi connectivity index (χ1) is 10.2. The van der Waals surface area contributed by atoms with Gasteiger partial charge in [-0.25, -0.2) is 0 Å². The van der Waals surface area contributed by atoms with Crippen molar-refractivity contribution in [3.05, 3.63) is 35.9 Å². The van der Waals surface area contributed by atoms with E-state index in [-0.39, 0.29) is 23.8 Å². The summed E-state index contributed by atoms with van der Waals surface area (Å²) in [5.41, 5.74) is 6.89. The number of carbonyl (C=O) groups is 2. The highest BCUT2D eigenvalue weighted by molar-refractivity contribution is 5.89. The van der Waals surface area contributed by atoms with Crippen LogP contribution in [0.25, 0.3) is 0 Å². The van der Waals surface area contributed by atoms with E-state index in [0.717, 1.165) is 18.4 Å². The highest BCUT2D eigenvalue weighted by Gasteiger charge is 2.36. The van der Waals surface area contributed by atoms with Crippen LogP contribution in [-0.2, 0) is 16.0 Å². The summed E-state index contributed by atoms with van der Waals surface area (Å²) in [6, 6.07) is 9.51. The lowest BCUT2D eigenvalue weighted by Crippen LogP contribution is -2.48. The molecule has 0 bridgehead atoms. The van der Waals surface area contributed by atoms with Gasteiger partial charge in [0.05, 0.1) is 5.92 Å². The fourth-order valence-corrected chi connectivity index (χ4v) is 2.87. The number of hydrogen-bond acceptors (Lipinski definition) is 3. The van der Waals surface area contributed by atoms with Crippen LogP contribution in [0.2, 0.25) is 0 Å². The van der Waals surface area contributed by atoms with E-state index in [2.05, 4.69) is 5.32 Å². The molecule has 3 N–H and O–H groups in total. The predicted molar refractivity (Wildman–Crippen MR) is 81.5 cm³/mol. The SMILES string of the molecule is CNC(=O)C1CCCN1C(=O)C(CN)Cc1ccccc1. The van der Waals surface area contributed by atoms with Crippen LogP contribution in [-0.4, -0.2) is 42.9 Å². The highest BCUT2D eigenvalue weighted by atomic mass is 16.2. The molecule has 1 aliphatic rings. The molecule has 1 fully saturated rings. The first-order valence-electron chi connectivity index (χ1n) is 7.43. The Morgan fingerprint density at radius 1 is 1.38 bits per heavy atom. The number of carbonyl (C=O) groups excluding carboxylic acids is 2. The number of rotatable bonds is 5. The topological polar surface area (TPSA) is 75.4 Å². The van der Waals surface area contributed by atoms with Gasteiger partial charge in [-0.3, -0.25) is 9.59 Å². The Bertz CT molecular complexity index is 490. The molecule has 1 aliphatic heterocycles. The van der Waals surface area contributed by atoms with E-state index >= 15 is 0 Å². The summed E-state index contributed by atoms with van der Waals surface area (Å²) < 4.78 is 0. The van der Waals surface area contributed by atoms with Gasteiger partial charge in [0.2, 0.25) is 11.8 Å². The van der Waals surface area contributed by atoms with E-state index < -0.39 is 0 Å². The third kappa shape index (κ3) is 3.61. The molecule has 0 radical (unpaired) electrons. The zero-order valence-corrected chi connectivity index (χ0v) is 12.4. The molecule has 2 atom stereocenters. The molecule has 2 unspecified atom stereocenters. The van der Waals surface area contributed by atoms with Crippen LogP contribution in [0.3, 0.4) is 0 Å². The molecule has 5 heteroatoms. The summed E-state index contributed by atoms with van der Waals surface area (Å²) in [6.07, 6.45) is 2.22. The quantitative estimate of drug-likeness (QED) is 0.831. The first kappa shape index (κ1) is 15.5. The molecule has 0 aromatic heterocycles. The van der Waals surface area contributed by atoms with Crippen LogP contribution >= 0.6 is 0 Å². The van der Waals surface area contributed by atoms with Gasteiger partial charge in [0.15, 0.2) is 0 Å². The first-order valence-corrected chi connectivity index (χ1v) is 7.43. The van der Waals surface area contributed by atoms with Crippen molar-refractivity contribution in [2.45, 2.75) is 25.3 Å². The number of nitrogens with zero attached hydrogens (tertiary/aromatic N) is 1. The zero-order valence-electron chi connectivity index (χ0n) is 12.4. The van der Waals surface area contributed by atoms with Gasteiger partial charge in [-0.05, 0) is 24.8 Å². The summed E-state index contributed by atoms with van der Waals surface area (Å²) in [4.78, 5) is 26.2. The molecule has 2 rings (SSSR count). The second kappa shape index (κ2) is 7.22. The van der Waals surface area contributed by atoms with E-state index in [0.29, 0.717) is 19.5 Å². The maximum atomic E-state index is 12.7. The standard InChI is InChI=1S/C16H23N3O2/c1-18-15(20)14-8-5-9-19(14)16(21)13(11-17)10-12-6-3-2-4-7-12/h2-4,6-7,13-14H,5,8-11,17H2,1H3,(H,18,20). The number of likely N-dealkylation sites (tertiary alicyclic amines) is 1. The third-order valence-corrected chi connectivity index (χ3v) is 4.04. The third-order valence-electron chi connectivity index (χ3n) is 4.04. The lowest BCUT2D eigenvalue weighted by atomic mass is 9.97. The van der Waals surface area contributed by atoms with Crippen LogP contribution in [0, 0.1) is 5.92 Å². The molecule has 2 amide bonds. The largest absolute Gasteiger partial charge is 0.357 e. The van der Waals surface area contributed by atoms with Gasteiger partial charge in [0.25, 0.3) is 0 Å². The van der Waals surface area contributed by atoms with Gasteiger partial charge in [-0.2, -0.15) is 0 Å². The summed E-state index contributed by atoms with van der Waals surface area (Å²) in [6.45, 7) is 0.937. The van der Waals surface area contributed by atoms with Gasteiger partial charge in [-0.15, -0.1) is 0 Å². The number of nitrogens with one attached hydrogen (secondary N) is 1. The molecule has 0 aliphatic carbocycles. The van der Waals surface area contributed by atoms with Gasteiger partial charge in [0.1, 0.15) is 6.04 Å². The maximum absolute atomic E-state index is 12.7. The Kier molecular flexibility index (Phi) is 5.33. The molecule has 1 saturated heterocycles. The smallest absolute Gasteiger partial charge is 0.242 e. The Morgan fingerprint density at radius 3 is 2.71 bits per heavy atom. The molecule has 1 heterocycles. The van der Waals surface area contributed by atoms with Crippen LogP contribution < -0.4 is 11.1 Å². The molecule has 1 aromatic rings. The molecule has 21 heavy (non-hydrogen) atoms. The van der Waals surface area contributed by atoms with Gasteiger partial charge < -0.3 is 16.0 Å². The zero-order chi connectivity index (χ0) is 15.2. The minimum absolute atomic E-state index is 0.00699. The maximum Gasteiger partial charge on any atom is 0.242 e. The average molecular weight is 289 g/mol. The second-order valence-corrected chi connectivity index (χ2v) is 5.43. The van der Waals surface area contributed by atoms with Crippen LogP contribution in [0.5, 0.6) is 0 Å². The van der Waals surface area contributed by atoms with E-state index in [1.165, 1.54) is 0 Å².